The van der Waals surface area contributed by atoms with Crippen LogP contribution in [0, 0.1) is 0 Å². The molecule has 0 atom stereocenters. The average Bonchev–Trinajstić information content (AvgIpc) is 2.43. The molecule has 1 fully saturated rings. The van der Waals surface area contributed by atoms with Gasteiger partial charge in [-0.05, 0) is 48.6 Å². The van der Waals surface area contributed by atoms with Crippen molar-refractivity contribution < 1.29 is 19.4 Å². The predicted octanol–water partition coefficient (Wildman–Crippen LogP) is 2.94. The lowest BCUT2D eigenvalue weighted by Crippen LogP contribution is -2.08. The molecule has 4 heteroatoms. The molecule has 0 amide bonds. The van der Waals surface area contributed by atoms with Gasteiger partial charge in [-0.2, -0.15) is 0 Å². The molecule has 0 heterocycles. The maximum absolute atomic E-state index is 11.8. The second-order valence-corrected chi connectivity index (χ2v) is 4.57. The normalized spacial score (nSPS) is 17.6. The number of carbonyl (C=O) groups excluding carboxylic acids is 1. The zero-order valence-corrected chi connectivity index (χ0v) is 11.2. The van der Waals surface area contributed by atoms with Gasteiger partial charge in [0.15, 0.2) is 17.3 Å². The molecular weight excluding hydrogens is 244 g/mol. The number of hydrogen-bond acceptors (Lipinski definition) is 4. The maximum Gasteiger partial charge on any atom is 0.200 e. The molecule has 0 radical (unpaired) electrons. The third-order valence-electron chi connectivity index (χ3n) is 3.30. The Morgan fingerprint density at radius 2 is 1.68 bits per heavy atom. The molecule has 0 unspecified atom stereocenters. The third kappa shape index (κ3) is 2.89. The minimum absolute atomic E-state index is 0.0258. The van der Waals surface area contributed by atoms with E-state index < -0.39 is 0 Å². The number of phenolic OH excluding ortho intramolecular Hbond substituents is 1. The van der Waals surface area contributed by atoms with Crippen molar-refractivity contribution in [1.82, 2.24) is 0 Å². The molecule has 0 spiro atoms. The van der Waals surface area contributed by atoms with E-state index in [1.54, 1.807) is 12.1 Å². The quantitative estimate of drug-likeness (QED) is 0.851. The zero-order valence-electron chi connectivity index (χ0n) is 11.2. The molecule has 1 aromatic carbocycles. The van der Waals surface area contributed by atoms with E-state index in [4.69, 9.17) is 9.47 Å². The predicted molar refractivity (Wildman–Crippen MR) is 72.7 cm³/mol. The van der Waals surface area contributed by atoms with Crippen LogP contribution in [0.5, 0.6) is 17.2 Å². The van der Waals surface area contributed by atoms with E-state index >= 15 is 0 Å². The summed E-state index contributed by atoms with van der Waals surface area (Å²) in [6.07, 6.45) is 5.30. The van der Waals surface area contributed by atoms with Gasteiger partial charge in [-0.3, -0.25) is 4.79 Å². The number of methoxy groups -OCH3 is 2. The topological polar surface area (TPSA) is 55.8 Å². The van der Waals surface area contributed by atoms with Gasteiger partial charge in [0.1, 0.15) is 0 Å². The first-order valence-corrected chi connectivity index (χ1v) is 6.34. The minimum atomic E-state index is -0.0258. The molecule has 0 saturated heterocycles. The zero-order chi connectivity index (χ0) is 13.8. The lowest BCUT2D eigenvalue weighted by molar-refractivity contribution is -0.116. The number of Topliss-reactive ketones (excluding diaryl/α,β-unsaturated/α-hetero) is 1. The molecule has 1 aliphatic carbocycles. The molecule has 2 rings (SSSR count). The molecular formula is C15H18O4. The van der Waals surface area contributed by atoms with Gasteiger partial charge in [0.05, 0.1) is 14.2 Å². The van der Waals surface area contributed by atoms with E-state index in [0.717, 1.165) is 30.4 Å². The summed E-state index contributed by atoms with van der Waals surface area (Å²) in [6.45, 7) is 0. The summed E-state index contributed by atoms with van der Waals surface area (Å²) in [6, 6.07) is 3.40. The Bertz CT molecular complexity index is 492. The highest BCUT2D eigenvalue weighted by Gasteiger charge is 2.16. The van der Waals surface area contributed by atoms with Crippen LogP contribution in [-0.4, -0.2) is 25.1 Å². The molecule has 0 bridgehead atoms. The van der Waals surface area contributed by atoms with Gasteiger partial charge in [-0.25, -0.2) is 0 Å². The SMILES string of the molecule is COc1cc(/C=C2\CCCCC2=O)cc(OC)c1O. The van der Waals surface area contributed by atoms with Crippen molar-refractivity contribution in [2.75, 3.05) is 14.2 Å². The van der Waals surface area contributed by atoms with Crippen LogP contribution in [-0.2, 0) is 4.79 Å². The number of benzene rings is 1. The van der Waals surface area contributed by atoms with Crippen molar-refractivity contribution >= 4 is 11.9 Å². The first-order chi connectivity index (χ1) is 9.15. The van der Waals surface area contributed by atoms with Crippen LogP contribution in [0.3, 0.4) is 0 Å². The van der Waals surface area contributed by atoms with Crippen molar-refractivity contribution in [2.45, 2.75) is 25.7 Å². The van der Waals surface area contributed by atoms with E-state index in [-0.39, 0.29) is 11.5 Å². The highest BCUT2D eigenvalue weighted by Crippen LogP contribution is 2.38. The van der Waals surface area contributed by atoms with Crippen molar-refractivity contribution in [3.05, 3.63) is 23.3 Å². The largest absolute Gasteiger partial charge is 0.502 e. The Balaban J connectivity index is 2.39. The molecule has 102 valence electrons. The molecule has 1 saturated carbocycles. The van der Waals surface area contributed by atoms with Gasteiger partial charge in [0.2, 0.25) is 5.75 Å². The summed E-state index contributed by atoms with van der Waals surface area (Å²) >= 11 is 0. The highest BCUT2D eigenvalue weighted by atomic mass is 16.5. The smallest absolute Gasteiger partial charge is 0.200 e. The Kier molecular flexibility index (Phi) is 4.10. The van der Waals surface area contributed by atoms with Gasteiger partial charge in [-0.15, -0.1) is 0 Å². The molecule has 1 aliphatic rings. The number of rotatable bonds is 3. The standard InChI is InChI=1S/C15H18O4/c1-18-13-8-10(9-14(19-2)15(13)17)7-11-5-3-4-6-12(11)16/h7-9,17H,3-6H2,1-2H3/b11-7+. The Morgan fingerprint density at radius 3 is 2.21 bits per heavy atom. The summed E-state index contributed by atoms with van der Waals surface area (Å²) in [4.78, 5) is 11.8. The molecule has 1 aromatic rings. The van der Waals surface area contributed by atoms with Gasteiger partial charge in [-0.1, -0.05) is 0 Å². The van der Waals surface area contributed by atoms with E-state index in [1.807, 2.05) is 6.08 Å². The number of ketones is 1. The molecule has 0 aliphatic heterocycles. The monoisotopic (exact) mass is 262 g/mol. The first-order valence-electron chi connectivity index (χ1n) is 6.34. The number of hydrogen-bond donors (Lipinski definition) is 1. The van der Waals surface area contributed by atoms with Crippen LogP contribution in [0.15, 0.2) is 17.7 Å². The summed E-state index contributed by atoms with van der Waals surface area (Å²) in [5, 5.41) is 9.83. The lowest BCUT2D eigenvalue weighted by Gasteiger charge is -2.14. The Labute approximate surface area is 112 Å². The number of phenols is 1. The van der Waals surface area contributed by atoms with Crippen molar-refractivity contribution in [3.63, 3.8) is 0 Å². The lowest BCUT2D eigenvalue weighted by atomic mass is 9.92. The second kappa shape index (κ2) is 5.78. The highest BCUT2D eigenvalue weighted by molar-refractivity contribution is 6.00. The third-order valence-corrected chi connectivity index (χ3v) is 3.30. The van der Waals surface area contributed by atoms with E-state index in [1.165, 1.54) is 14.2 Å². The maximum atomic E-state index is 11.8. The number of carbonyl (C=O) groups is 1. The fraction of sp³-hybridized carbons (Fsp3) is 0.400. The molecule has 4 nitrogen and oxygen atoms in total. The Morgan fingerprint density at radius 1 is 1.11 bits per heavy atom. The van der Waals surface area contributed by atoms with Crippen molar-refractivity contribution in [3.8, 4) is 17.2 Å². The minimum Gasteiger partial charge on any atom is -0.502 e. The van der Waals surface area contributed by atoms with Crippen molar-refractivity contribution in [2.24, 2.45) is 0 Å². The number of aromatic hydroxyl groups is 1. The van der Waals surface area contributed by atoms with Crippen LogP contribution in [0.1, 0.15) is 31.2 Å². The van der Waals surface area contributed by atoms with Gasteiger partial charge in [0, 0.05) is 6.42 Å². The van der Waals surface area contributed by atoms with Crippen LogP contribution < -0.4 is 9.47 Å². The van der Waals surface area contributed by atoms with Crippen LogP contribution in [0.2, 0.25) is 0 Å². The van der Waals surface area contributed by atoms with Crippen LogP contribution in [0.4, 0.5) is 0 Å². The second-order valence-electron chi connectivity index (χ2n) is 4.57. The Hall–Kier alpha value is -1.97. The van der Waals surface area contributed by atoms with Gasteiger partial charge in [0.25, 0.3) is 0 Å². The van der Waals surface area contributed by atoms with Crippen LogP contribution in [0.25, 0.3) is 6.08 Å². The average molecular weight is 262 g/mol. The summed E-state index contributed by atoms with van der Waals surface area (Å²) in [5.41, 5.74) is 1.64. The molecule has 1 N–H and O–H groups in total. The van der Waals surface area contributed by atoms with Gasteiger partial charge >= 0.3 is 0 Å². The van der Waals surface area contributed by atoms with Gasteiger partial charge < -0.3 is 14.6 Å². The summed E-state index contributed by atoms with van der Waals surface area (Å²) in [5.74, 6) is 0.864. The molecule has 0 aromatic heterocycles. The fourth-order valence-electron chi connectivity index (χ4n) is 2.25. The van der Waals surface area contributed by atoms with Crippen LogP contribution >= 0.6 is 0 Å². The number of ether oxygens (including phenoxy) is 2. The summed E-state index contributed by atoms with van der Waals surface area (Å²) in [7, 11) is 2.97. The first kappa shape index (κ1) is 13.5. The van der Waals surface area contributed by atoms with Crippen molar-refractivity contribution in [1.29, 1.82) is 0 Å². The van der Waals surface area contributed by atoms with E-state index in [9.17, 15) is 9.90 Å². The van der Waals surface area contributed by atoms with E-state index in [0.29, 0.717) is 17.9 Å². The fourth-order valence-corrected chi connectivity index (χ4v) is 2.25. The number of allylic oxidation sites excluding steroid dienone is 1. The van der Waals surface area contributed by atoms with E-state index in [2.05, 4.69) is 0 Å². The molecule has 19 heavy (non-hydrogen) atoms. The summed E-state index contributed by atoms with van der Waals surface area (Å²) < 4.78 is 10.2.